The fraction of sp³-hybridized carbons (Fsp3) is 0.357. The minimum Gasteiger partial charge on any atom is -0.370 e. The molecule has 102 valence electrons. The Bertz CT molecular complexity index is 484. The molecular formula is C14H19FN4. The Morgan fingerprint density at radius 3 is 2.84 bits per heavy atom. The first-order valence-electron chi connectivity index (χ1n) is 6.47. The first kappa shape index (κ1) is 13.5. The van der Waals surface area contributed by atoms with Gasteiger partial charge in [0, 0.05) is 31.2 Å². The summed E-state index contributed by atoms with van der Waals surface area (Å²) in [5.41, 5.74) is 6.45. The maximum atomic E-state index is 13.3. The summed E-state index contributed by atoms with van der Waals surface area (Å²) in [6.45, 7) is 3.01. The molecule has 1 aromatic heterocycles. The SMILES string of the molecule is NCCCN(CCn1cccn1)c1cccc(F)c1. The topological polar surface area (TPSA) is 47.1 Å². The van der Waals surface area contributed by atoms with Gasteiger partial charge in [-0.05, 0) is 37.2 Å². The van der Waals surface area contributed by atoms with Crippen LogP contribution in [0.1, 0.15) is 6.42 Å². The summed E-state index contributed by atoms with van der Waals surface area (Å²) in [5, 5.41) is 4.17. The number of nitrogens with zero attached hydrogens (tertiary/aromatic N) is 3. The number of hydrogen-bond acceptors (Lipinski definition) is 3. The molecule has 0 aliphatic heterocycles. The summed E-state index contributed by atoms with van der Waals surface area (Å²) < 4.78 is 15.2. The number of hydrogen-bond donors (Lipinski definition) is 1. The van der Waals surface area contributed by atoms with E-state index in [1.54, 1.807) is 18.3 Å². The Morgan fingerprint density at radius 2 is 2.16 bits per heavy atom. The Labute approximate surface area is 112 Å². The van der Waals surface area contributed by atoms with E-state index in [9.17, 15) is 4.39 Å². The van der Waals surface area contributed by atoms with Crippen molar-refractivity contribution in [2.45, 2.75) is 13.0 Å². The van der Waals surface area contributed by atoms with E-state index >= 15 is 0 Å². The lowest BCUT2D eigenvalue weighted by Crippen LogP contribution is -2.30. The summed E-state index contributed by atoms with van der Waals surface area (Å²) >= 11 is 0. The molecule has 0 bridgehead atoms. The summed E-state index contributed by atoms with van der Waals surface area (Å²) in [6, 6.07) is 8.56. The molecule has 2 rings (SSSR count). The molecule has 0 amide bonds. The largest absolute Gasteiger partial charge is 0.370 e. The molecule has 1 heterocycles. The van der Waals surface area contributed by atoms with Gasteiger partial charge < -0.3 is 10.6 Å². The van der Waals surface area contributed by atoms with Crippen LogP contribution in [0.15, 0.2) is 42.7 Å². The highest BCUT2D eigenvalue weighted by Crippen LogP contribution is 2.15. The van der Waals surface area contributed by atoms with Crippen LogP contribution in [0.4, 0.5) is 10.1 Å². The van der Waals surface area contributed by atoms with Crippen LogP contribution in [0, 0.1) is 5.82 Å². The van der Waals surface area contributed by atoms with Crippen LogP contribution in [0.2, 0.25) is 0 Å². The Morgan fingerprint density at radius 1 is 1.26 bits per heavy atom. The Kier molecular flexibility index (Phi) is 4.92. The first-order chi connectivity index (χ1) is 9.29. The molecule has 0 aliphatic carbocycles. The molecule has 0 atom stereocenters. The molecule has 0 unspecified atom stereocenters. The second kappa shape index (κ2) is 6.89. The van der Waals surface area contributed by atoms with E-state index in [0.717, 1.165) is 31.7 Å². The normalized spacial score (nSPS) is 10.6. The first-order valence-corrected chi connectivity index (χ1v) is 6.47. The van der Waals surface area contributed by atoms with Gasteiger partial charge in [0.15, 0.2) is 0 Å². The van der Waals surface area contributed by atoms with Crippen LogP contribution < -0.4 is 10.6 Å². The molecule has 0 saturated heterocycles. The molecule has 0 radical (unpaired) electrons. The third-order valence-electron chi connectivity index (χ3n) is 2.96. The van der Waals surface area contributed by atoms with Gasteiger partial charge in [0.25, 0.3) is 0 Å². The molecule has 2 N–H and O–H groups in total. The highest BCUT2D eigenvalue weighted by Gasteiger charge is 2.07. The molecule has 19 heavy (non-hydrogen) atoms. The maximum absolute atomic E-state index is 13.3. The minimum atomic E-state index is -0.214. The van der Waals surface area contributed by atoms with E-state index in [2.05, 4.69) is 10.00 Å². The number of anilines is 1. The summed E-state index contributed by atoms with van der Waals surface area (Å²) in [7, 11) is 0. The van der Waals surface area contributed by atoms with Gasteiger partial charge >= 0.3 is 0 Å². The fourth-order valence-corrected chi connectivity index (χ4v) is 1.98. The zero-order valence-corrected chi connectivity index (χ0v) is 10.9. The predicted octanol–water partition coefficient (Wildman–Crippen LogP) is 1.88. The van der Waals surface area contributed by atoms with Gasteiger partial charge in [-0.15, -0.1) is 0 Å². The van der Waals surface area contributed by atoms with Gasteiger partial charge in [-0.25, -0.2) is 4.39 Å². The van der Waals surface area contributed by atoms with E-state index in [1.807, 2.05) is 23.0 Å². The van der Waals surface area contributed by atoms with Crippen LogP contribution in [0.25, 0.3) is 0 Å². The van der Waals surface area contributed by atoms with E-state index in [0.29, 0.717) is 6.54 Å². The van der Waals surface area contributed by atoms with Crippen LogP contribution in [0.3, 0.4) is 0 Å². The smallest absolute Gasteiger partial charge is 0.125 e. The van der Waals surface area contributed by atoms with Gasteiger partial charge in [0.1, 0.15) is 5.82 Å². The number of halogens is 1. The third-order valence-corrected chi connectivity index (χ3v) is 2.96. The molecule has 2 aromatic rings. The lowest BCUT2D eigenvalue weighted by Gasteiger charge is -2.24. The average Bonchev–Trinajstić information content (AvgIpc) is 2.92. The van der Waals surface area contributed by atoms with Crippen molar-refractivity contribution in [2.75, 3.05) is 24.5 Å². The van der Waals surface area contributed by atoms with Crippen molar-refractivity contribution in [3.63, 3.8) is 0 Å². The molecule has 1 aromatic carbocycles. The number of nitrogens with two attached hydrogens (primary N) is 1. The zero-order valence-electron chi connectivity index (χ0n) is 10.9. The monoisotopic (exact) mass is 262 g/mol. The van der Waals surface area contributed by atoms with Gasteiger partial charge in [-0.3, -0.25) is 4.68 Å². The second-order valence-corrected chi connectivity index (χ2v) is 4.38. The number of benzene rings is 1. The minimum absolute atomic E-state index is 0.214. The van der Waals surface area contributed by atoms with Crippen LogP contribution in [0.5, 0.6) is 0 Å². The van der Waals surface area contributed by atoms with Gasteiger partial charge in [0.05, 0.1) is 6.54 Å². The van der Waals surface area contributed by atoms with Crippen molar-refractivity contribution in [3.05, 3.63) is 48.5 Å². The molecular weight excluding hydrogens is 243 g/mol. The van der Waals surface area contributed by atoms with E-state index in [-0.39, 0.29) is 5.82 Å². The van der Waals surface area contributed by atoms with Crippen molar-refractivity contribution >= 4 is 5.69 Å². The lowest BCUT2D eigenvalue weighted by molar-refractivity contribution is 0.586. The van der Waals surface area contributed by atoms with Crippen molar-refractivity contribution in [1.82, 2.24) is 9.78 Å². The van der Waals surface area contributed by atoms with Gasteiger partial charge in [-0.2, -0.15) is 5.10 Å². The summed E-state index contributed by atoms with van der Waals surface area (Å²) in [6.07, 6.45) is 4.56. The maximum Gasteiger partial charge on any atom is 0.125 e. The lowest BCUT2D eigenvalue weighted by atomic mass is 10.2. The third kappa shape index (κ3) is 4.06. The standard InChI is InChI=1S/C14H19FN4/c15-13-4-1-5-14(12-13)18(8-2-6-16)10-11-19-9-3-7-17-19/h1,3-5,7,9,12H,2,6,8,10-11,16H2. The van der Waals surface area contributed by atoms with Crippen LogP contribution >= 0.6 is 0 Å². The number of rotatable bonds is 7. The molecule has 4 nitrogen and oxygen atoms in total. The molecule has 0 spiro atoms. The number of aromatic nitrogens is 2. The highest BCUT2D eigenvalue weighted by atomic mass is 19.1. The zero-order chi connectivity index (χ0) is 13.5. The summed E-state index contributed by atoms with van der Waals surface area (Å²) in [5.74, 6) is -0.214. The van der Waals surface area contributed by atoms with Crippen LogP contribution in [-0.2, 0) is 6.54 Å². The predicted molar refractivity (Wildman–Crippen MR) is 74.5 cm³/mol. The quantitative estimate of drug-likeness (QED) is 0.828. The van der Waals surface area contributed by atoms with Crippen molar-refractivity contribution in [3.8, 4) is 0 Å². The Balaban J connectivity index is 2.02. The van der Waals surface area contributed by atoms with Crippen molar-refractivity contribution in [1.29, 1.82) is 0 Å². The summed E-state index contributed by atoms with van der Waals surface area (Å²) in [4.78, 5) is 2.14. The van der Waals surface area contributed by atoms with Gasteiger partial charge in [0.2, 0.25) is 0 Å². The molecule has 0 saturated carbocycles. The van der Waals surface area contributed by atoms with Crippen molar-refractivity contribution < 1.29 is 4.39 Å². The van der Waals surface area contributed by atoms with E-state index < -0.39 is 0 Å². The van der Waals surface area contributed by atoms with E-state index in [4.69, 9.17) is 5.73 Å². The molecule has 0 fully saturated rings. The van der Waals surface area contributed by atoms with E-state index in [1.165, 1.54) is 6.07 Å². The average molecular weight is 262 g/mol. The Hall–Kier alpha value is -1.88. The highest BCUT2D eigenvalue weighted by molar-refractivity contribution is 5.46. The van der Waals surface area contributed by atoms with Crippen molar-refractivity contribution in [2.24, 2.45) is 5.73 Å². The van der Waals surface area contributed by atoms with Gasteiger partial charge in [-0.1, -0.05) is 6.07 Å². The van der Waals surface area contributed by atoms with Crippen LogP contribution in [-0.4, -0.2) is 29.4 Å². The molecule has 0 aliphatic rings. The molecule has 5 heteroatoms. The second-order valence-electron chi connectivity index (χ2n) is 4.38. The fourth-order valence-electron chi connectivity index (χ4n) is 1.98.